The Kier molecular flexibility index (Phi) is 9.02. The van der Waals surface area contributed by atoms with Crippen molar-refractivity contribution in [2.45, 2.75) is 12.5 Å². The van der Waals surface area contributed by atoms with Gasteiger partial charge in [0.15, 0.2) is 0 Å². The molecule has 1 aliphatic heterocycles. The van der Waals surface area contributed by atoms with E-state index in [0.717, 1.165) is 19.6 Å². The van der Waals surface area contributed by atoms with Gasteiger partial charge >= 0.3 is 0 Å². The van der Waals surface area contributed by atoms with Gasteiger partial charge in [-0.05, 0) is 6.42 Å². The molecule has 0 aliphatic carbocycles. The van der Waals surface area contributed by atoms with Crippen molar-refractivity contribution in [3.63, 3.8) is 0 Å². The molecule has 0 unspecified atom stereocenters. The largest absolute Gasteiger partial charge is 0.325 e. The van der Waals surface area contributed by atoms with Crippen molar-refractivity contribution in [1.29, 1.82) is 0 Å². The molecule has 5 heteroatoms. The summed E-state index contributed by atoms with van der Waals surface area (Å²) in [4.78, 5) is 2.17. The number of likely N-dealkylation sites (tertiary alicyclic amines) is 1. The van der Waals surface area contributed by atoms with Crippen molar-refractivity contribution in [1.82, 2.24) is 4.90 Å². The Labute approximate surface area is 79.1 Å². The average Bonchev–Trinajstić information content (AvgIpc) is 1.78. The van der Waals surface area contributed by atoms with Crippen LogP contribution in [0, 0.1) is 0 Å². The third-order valence-electron chi connectivity index (χ3n) is 1.59. The van der Waals surface area contributed by atoms with Crippen molar-refractivity contribution in [3.05, 3.63) is 0 Å². The van der Waals surface area contributed by atoms with Crippen LogP contribution in [0.2, 0.25) is 0 Å². The molecule has 1 aliphatic rings. The maximum atomic E-state index is 11.6. The Balaban J connectivity index is 0. The molecule has 2 N–H and O–H groups in total. The third-order valence-corrected chi connectivity index (χ3v) is 1.59. The van der Waals surface area contributed by atoms with E-state index < -0.39 is 0 Å². The van der Waals surface area contributed by atoms with Gasteiger partial charge in [0.05, 0.1) is 6.67 Å². The van der Waals surface area contributed by atoms with Crippen LogP contribution < -0.4 is 5.73 Å². The molecule has 70 valence electrons. The summed E-state index contributed by atoms with van der Waals surface area (Å²) in [6.45, 7) is 2.59. The van der Waals surface area contributed by atoms with Gasteiger partial charge < -0.3 is 10.6 Å². The molecular weight excluding hydrogens is 190 g/mol. The zero-order valence-corrected chi connectivity index (χ0v) is 7.96. The molecule has 11 heavy (non-hydrogen) atoms. The summed E-state index contributed by atoms with van der Waals surface area (Å²) in [6, 6.07) is 0.351. The van der Waals surface area contributed by atoms with Gasteiger partial charge in [-0.2, -0.15) is 0 Å². The van der Waals surface area contributed by atoms with Crippen LogP contribution in [0.25, 0.3) is 0 Å². The number of halogens is 3. The van der Waals surface area contributed by atoms with E-state index >= 15 is 0 Å². The summed E-state index contributed by atoms with van der Waals surface area (Å²) in [5.74, 6) is 0. The molecular formula is C6H15Cl2FN2. The molecule has 0 atom stereocenters. The zero-order chi connectivity index (χ0) is 6.69. The highest BCUT2D eigenvalue weighted by atomic mass is 35.5. The van der Waals surface area contributed by atoms with E-state index in [-0.39, 0.29) is 31.5 Å². The van der Waals surface area contributed by atoms with E-state index in [4.69, 9.17) is 5.73 Å². The molecule has 1 saturated heterocycles. The van der Waals surface area contributed by atoms with E-state index in [9.17, 15) is 4.39 Å². The van der Waals surface area contributed by atoms with Crippen molar-refractivity contribution in [2.24, 2.45) is 5.73 Å². The molecule has 0 bridgehead atoms. The first-order chi connectivity index (χ1) is 4.33. The lowest BCUT2D eigenvalue weighted by Crippen LogP contribution is -2.55. The van der Waals surface area contributed by atoms with Gasteiger partial charge in [0.1, 0.15) is 0 Å². The highest BCUT2D eigenvalue weighted by molar-refractivity contribution is 5.85. The second kappa shape index (κ2) is 7.10. The SMILES string of the molecule is Cl.Cl.NC1CN(CCCF)C1. The Morgan fingerprint density at radius 1 is 1.36 bits per heavy atom. The summed E-state index contributed by atoms with van der Waals surface area (Å²) in [7, 11) is 0. The first-order valence-corrected chi connectivity index (χ1v) is 3.37. The van der Waals surface area contributed by atoms with Gasteiger partial charge in [0.2, 0.25) is 0 Å². The number of hydrogen-bond acceptors (Lipinski definition) is 2. The molecule has 1 fully saturated rings. The molecule has 0 aromatic carbocycles. The van der Waals surface area contributed by atoms with Gasteiger partial charge in [-0.25, -0.2) is 0 Å². The van der Waals surface area contributed by atoms with Crippen molar-refractivity contribution in [2.75, 3.05) is 26.3 Å². The predicted molar refractivity (Wildman–Crippen MR) is 49.5 cm³/mol. The second-order valence-electron chi connectivity index (χ2n) is 2.56. The Bertz CT molecular complexity index is 88.7. The minimum Gasteiger partial charge on any atom is -0.325 e. The Hall–Kier alpha value is 0.430. The Morgan fingerprint density at radius 2 is 1.91 bits per heavy atom. The van der Waals surface area contributed by atoms with E-state index in [1.807, 2.05) is 0 Å². The highest BCUT2D eigenvalue weighted by Gasteiger charge is 2.21. The lowest BCUT2D eigenvalue weighted by Gasteiger charge is -2.36. The summed E-state index contributed by atoms with van der Waals surface area (Å²) in [6.07, 6.45) is 0.659. The van der Waals surface area contributed by atoms with Crippen LogP contribution in [0.3, 0.4) is 0 Å². The number of rotatable bonds is 3. The highest BCUT2D eigenvalue weighted by Crippen LogP contribution is 2.04. The maximum Gasteiger partial charge on any atom is 0.0906 e. The van der Waals surface area contributed by atoms with E-state index in [0.29, 0.717) is 12.5 Å². The molecule has 1 heterocycles. The van der Waals surface area contributed by atoms with Crippen molar-refractivity contribution >= 4 is 24.8 Å². The smallest absolute Gasteiger partial charge is 0.0906 e. The van der Waals surface area contributed by atoms with Crippen LogP contribution >= 0.6 is 24.8 Å². The fourth-order valence-corrected chi connectivity index (χ4v) is 1.08. The summed E-state index contributed by atoms with van der Waals surface area (Å²) < 4.78 is 11.6. The van der Waals surface area contributed by atoms with Gasteiger partial charge in [-0.15, -0.1) is 24.8 Å². The maximum absolute atomic E-state index is 11.6. The normalized spacial score (nSPS) is 18.0. The fraction of sp³-hybridized carbons (Fsp3) is 1.00. The minimum atomic E-state index is -0.203. The predicted octanol–water partition coefficient (Wildman–Crippen LogP) is 0.833. The third kappa shape index (κ3) is 4.80. The van der Waals surface area contributed by atoms with Crippen LogP contribution in [-0.4, -0.2) is 37.3 Å². The summed E-state index contributed by atoms with van der Waals surface area (Å²) in [5, 5.41) is 0. The molecule has 0 aromatic heterocycles. The van der Waals surface area contributed by atoms with Gasteiger partial charge in [-0.3, -0.25) is 4.39 Å². The lowest BCUT2D eigenvalue weighted by atomic mass is 10.1. The quantitative estimate of drug-likeness (QED) is 0.739. The van der Waals surface area contributed by atoms with Crippen molar-refractivity contribution < 1.29 is 4.39 Å². The van der Waals surface area contributed by atoms with Crippen LogP contribution in [0.1, 0.15) is 6.42 Å². The first kappa shape index (κ1) is 14.0. The first-order valence-electron chi connectivity index (χ1n) is 3.37. The summed E-state index contributed by atoms with van der Waals surface area (Å²) in [5.41, 5.74) is 5.51. The zero-order valence-electron chi connectivity index (χ0n) is 6.33. The van der Waals surface area contributed by atoms with Crippen LogP contribution in [0.5, 0.6) is 0 Å². The van der Waals surface area contributed by atoms with Gasteiger partial charge in [0.25, 0.3) is 0 Å². The van der Waals surface area contributed by atoms with Crippen LogP contribution in [0.4, 0.5) is 4.39 Å². The van der Waals surface area contributed by atoms with E-state index in [2.05, 4.69) is 4.90 Å². The number of hydrogen-bond donors (Lipinski definition) is 1. The molecule has 1 rings (SSSR count). The minimum absolute atomic E-state index is 0. The van der Waals surface area contributed by atoms with E-state index in [1.165, 1.54) is 0 Å². The molecule has 2 nitrogen and oxygen atoms in total. The number of nitrogens with zero attached hydrogens (tertiary/aromatic N) is 1. The Morgan fingerprint density at radius 3 is 2.27 bits per heavy atom. The van der Waals surface area contributed by atoms with Gasteiger partial charge in [0, 0.05) is 25.7 Å². The molecule has 0 aromatic rings. The summed E-state index contributed by atoms with van der Waals surface area (Å²) >= 11 is 0. The van der Waals surface area contributed by atoms with Crippen LogP contribution in [-0.2, 0) is 0 Å². The lowest BCUT2D eigenvalue weighted by molar-refractivity contribution is 0.145. The number of nitrogens with two attached hydrogens (primary N) is 1. The van der Waals surface area contributed by atoms with E-state index in [1.54, 1.807) is 0 Å². The van der Waals surface area contributed by atoms with Gasteiger partial charge in [-0.1, -0.05) is 0 Å². The fourth-order valence-electron chi connectivity index (χ4n) is 1.08. The molecule has 0 amide bonds. The topological polar surface area (TPSA) is 29.3 Å². The van der Waals surface area contributed by atoms with Crippen molar-refractivity contribution in [3.8, 4) is 0 Å². The monoisotopic (exact) mass is 204 g/mol. The molecule has 0 radical (unpaired) electrons. The standard InChI is InChI=1S/C6H13FN2.2ClH/c7-2-1-3-9-4-6(8)5-9;;/h6H,1-5,8H2;2*1H. The second-order valence-corrected chi connectivity index (χ2v) is 2.56. The molecule has 0 saturated carbocycles. The average molecular weight is 205 g/mol. The molecule has 0 spiro atoms. The van der Waals surface area contributed by atoms with Crippen LogP contribution in [0.15, 0.2) is 0 Å². The number of alkyl halides is 1.